The maximum atomic E-state index is 10.5. The van der Waals surface area contributed by atoms with Crippen LogP contribution in [0.2, 0.25) is 0 Å². The molecule has 2 fully saturated rings. The number of rotatable bonds is 9. The maximum Gasteiger partial charge on any atom is 0.119 e. The van der Waals surface area contributed by atoms with Gasteiger partial charge in [-0.25, -0.2) is 0 Å². The van der Waals surface area contributed by atoms with Crippen LogP contribution in [-0.2, 0) is 13.1 Å². The fraction of sp³-hybridized carbons (Fsp3) is 0.583. The molecule has 0 radical (unpaired) electrons. The van der Waals surface area contributed by atoms with Crippen molar-refractivity contribution in [1.29, 1.82) is 0 Å². The van der Waals surface area contributed by atoms with Crippen LogP contribution in [0.3, 0.4) is 0 Å². The van der Waals surface area contributed by atoms with Gasteiger partial charge in [-0.3, -0.25) is 4.90 Å². The summed E-state index contributed by atoms with van der Waals surface area (Å²) in [6.07, 6.45) is 3.36. The Hall–Kier alpha value is -1.44. The molecule has 4 rings (SSSR count). The van der Waals surface area contributed by atoms with Crippen molar-refractivity contribution in [2.75, 3.05) is 46.4 Å². The lowest BCUT2D eigenvalue weighted by molar-refractivity contribution is 0.0698. The van der Waals surface area contributed by atoms with Crippen LogP contribution < -0.4 is 10.1 Å². The van der Waals surface area contributed by atoms with E-state index in [9.17, 15) is 5.11 Å². The van der Waals surface area contributed by atoms with Crippen LogP contribution in [0.25, 0.3) is 0 Å². The predicted octanol–water partition coefficient (Wildman–Crippen LogP) is 3.20. The number of nitrogens with one attached hydrogen (secondary N) is 1. The largest absolute Gasteiger partial charge is 0.491 e. The molecule has 2 aliphatic heterocycles. The highest BCUT2D eigenvalue weighted by Gasteiger charge is 2.39. The normalized spacial score (nSPS) is 20.1. The summed E-state index contributed by atoms with van der Waals surface area (Å²) in [6.45, 7) is 7.44. The zero-order valence-corrected chi connectivity index (χ0v) is 18.9. The number of benzene rings is 1. The Balaban J connectivity index is 1.17. The van der Waals surface area contributed by atoms with E-state index in [1.807, 2.05) is 12.1 Å². The van der Waals surface area contributed by atoms with E-state index >= 15 is 0 Å². The Kier molecular flexibility index (Phi) is 7.44. The predicted molar refractivity (Wildman–Crippen MR) is 123 cm³/mol. The molecular formula is C24H35N3O2S. The van der Waals surface area contributed by atoms with Crippen LogP contribution in [0.4, 0.5) is 0 Å². The molecule has 2 N–H and O–H groups in total. The Morgan fingerprint density at radius 1 is 1.17 bits per heavy atom. The van der Waals surface area contributed by atoms with Gasteiger partial charge >= 0.3 is 0 Å². The molecule has 1 aromatic heterocycles. The zero-order valence-electron chi connectivity index (χ0n) is 18.1. The Morgan fingerprint density at radius 2 is 1.97 bits per heavy atom. The molecular weight excluding hydrogens is 394 g/mol. The molecule has 1 unspecified atom stereocenters. The van der Waals surface area contributed by atoms with Crippen molar-refractivity contribution in [1.82, 2.24) is 15.1 Å². The summed E-state index contributed by atoms with van der Waals surface area (Å²) in [5.74, 6) is 0.829. The van der Waals surface area contributed by atoms with Crippen molar-refractivity contribution in [3.63, 3.8) is 0 Å². The number of ether oxygens (including phenoxy) is 1. The van der Waals surface area contributed by atoms with Crippen LogP contribution in [0.5, 0.6) is 5.75 Å². The van der Waals surface area contributed by atoms with Gasteiger partial charge in [0.2, 0.25) is 0 Å². The molecule has 0 bridgehead atoms. The minimum absolute atomic E-state index is 0.350. The van der Waals surface area contributed by atoms with Gasteiger partial charge in [0, 0.05) is 31.1 Å². The highest BCUT2D eigenvalue weighted by molar-refractivity contribution is 7.09. The van der Waals surface area contributed by atoms with E-state index in [2.05, 4.69) is 51.8 Å². The lowest BCUT2D eigenvalue weighted by atomic mass is 9.78. The fourth-order valence-corrected chi connectivity index (χ4v) is 5.60. The van der Waals surface area contributed by atoms with Gasteiger partial charge in [0.15, 0.2) is 0 Å². The molecule has 1 spiro atoms. The smallest absolute Gasteiger partial charge is 0.119 e. The van der Waals surface area contributed by atoms with Gasteiger partial charge in [-0.1, -0.05) is 18.2 Å². The molecule has 2 aromatic rings. The highest BCUT2D eigenvalue weighted by atomic mass is 32.1. The quantitative estimate of drug-likeness (QED) is 0.641. The fourth-order valence-electron chi connectivity index (χ4n) is 4.82. The molecule has 3 heterocycles. The molecule has 30 heavy (non-hydrogen) atoms. The van der Waals surface area contributed by atoms with Crippen molar-refractivity contribution >= 4 is 11.3 Å². The van der Waals surface area contributed by atoms with E-state index in [0.717, 1.165) is 45.0 Å². The molecule has 0 amide bonds. The van der Waals surface area contributed by atoms with E-state index in [0.29, 0.717) is 18.6 Å². The van der Waals surface area contributed by atoms with Crippen LogP contribution in [-0.4, -0.2) is 67.4 Å². The number of piperidine rings is 1. The number of likely N-dealkylation sites (tertiary alicyclic amines) is 1. The number of aliphatic hydroxyl groups is 1. The maximum absolute atomic E-state index is 10.5. The van der Waals surface area contributed by atoms with Gasteiger partial charge in [0.1, 0.15) is 18.5 Å². The van der Waals surface area contributed by atoms with Gasteiger partial charge < -0.3 is 20.1 Å². The Labute approximate surface area is 184 Å². The van der Waals surface area contributed by atoms with Crippen molar-refractivity contribution in [3.05, 3.63) is 52.2 Å². The van der Waals surface area contributed by atoms with Crippen LogP contribution in [0.15, 0.2) is 41.8 Å². The van der Waals surface area contributed by atoms with Crippen molar-refractivity contribution in [2.45, 2.75) is 38.5 Å². The summed E-state index contributed by atoms with van der Waals surface area (Å²) < 4.78 is 5.86. The van der Waals surface area contributed by atoms with E-state index in [1.54, 1.807) is 11.3 Å². The summed E-state index contributed by atoms with van der Waals surface area (Å²) >= 11 is 1.80. The third-order valence-electron chi connectivity index (χ3n) is 6.47. The van der Waals surface area contributed by atoms with Crippen LogP contribution >= 0.6 is 11.3 Å². The average molecular weight is 430 g/mol. The first-order valence-corrected chi connectivity index (χ1v) is 12.0. The molecule has 0 saturated carbocycles. The van der Waals surface area contributed by atoms with Gasteiger partial charge in [0.25, 0.3) is 0 Å². The summed E-state index contributed by atoms with van der Waals surface area (Å²) in [5.41, 5.74) is 1.75. The summed E-state index contributed by atoms with van der Waals surface area (Å²) in [6, 6.07) is 12.5. The second kappa shape index (κ2) is 10.2. The third kappa shape index (κ3) is 6.05. The number of hydrogen-bond donors (Lipinski definition) is 2. The van der Waals surface area contributed by atoms with Gasteiger partial charge in [-0.2, -0.15) is 0 Å². The molecule has 164 valence electrons. The Bertz CT molecular complexity index is 759. The van der Waals surface area contributed by atoms with Crippen LogP contribution in [0.1, 0.15) is 29.7 Å². The summed E-state index contributed by atoms with van der Waals surface area (Å²) in [7, 11) is 2.15. The second-order valence-electron chi connectivity index (χ2n) is 9.10. The number of hydrogen-bond acceptors (Lipinski definition) is 6. The lowest BCUT2D eigenvalue weighted by Gasteiger charge is -2.34. The minimum atomic E-state index is -0.446. The molecule has 2 saturated heterocycles. The zero-order chi connectivity index (χ0) is 20.8. The third-order valence-corrected chi connectivity index (χ3v) is 7.34. The van der Waals surface area contributed by atoms with Gasteiger partial charge in [-0.05, 0) is 80.5 Å². The van der Waals surface area contributed by atoms with E-state index in [-0.39, 0.29) is 0 Å². The molecule has 5 nitrogen and oxygen atoms in total. The van der Waals surface area contributed by atoms with Crippen molar-refractivity contribution < 1.29 is 9.84 Å². The minimum Gasteiger partial charge on any atom is -0.491 e. The highest BCUT2D eigenvalue weighted by Crippen LogP contribution is 2.38. The number of nitrogens with zero attached hydrogens (tertiary/aromatic N) is 2. The molecule has 6 heteroatoms. The molecule has 0 aliphatic carbocycles. The summed E-state index contributed by atoms with van der Waals surface area (Å²) in [4.78, 5) is 6.12. The number of aliphatic hydroxyl groups excluding tert-OH is 1. The molecule has 1 aromatic carbocycles. The monoisotopic (exact) mass is 429 g/mol. The molecule has 2 aliphatic rings. The molecule has 1 atom stereocenters. The van der Waals surface area contributed by atoms with E-state index in [1.165, 1.54) is 29.7 Å². The second-order valence-corrected chi connectivity index (χ2v) is 10.1. The standard InChI is InChI=1S/C24H35N3O2S/c1-26(17-23-3-2-14-30-23)15-20-4-6-22(7-5-20)29-18-21(28)16-27-13-10-24(19-27)8-11-25-12-9-24/h2-7,14,21,25,28H,8-13,15-19H2,1H3. The van der Waals surface area contributed by atoms with Gasteiger partial charge in [-0.15, -0.1) is 11.3 Å². The van der Waals surface area contributed by atoms with Crippen LogP contribution in [0, 0.1) is 5.41 Å². The first-order valence-electron chi connectivity index (χ1n) is 11.1. The first-order chi connectivity index (χ1) is 14.6. The van der Waals surface area contributed by atoms with Crippen molar-refractivity contribution in [3.8, 4) is 5.75 Å². The number of β-amino-alcohol motifs (C(OH)–C–C–N with tert-alkyl or cyclic N) is 1. The van der Waals surface area contributed by atoms with E-state index in [4.69, 9.17) is 4.74 Å². The average Bonchev–Trinajstić information content (AvgIpc) is 3.38. The van der Waals surface area contributed by atoms with Gasteiger partial charge in [0.05, 0.1) is 0 Å². The topological polar surface area (TPSA) is 48.0 Å². The first kappa shape index (κ1) is 21.8. The number of thiophene rings is 1. The Morgan fingerprint density at radius 3 is 2.70 bits per heavy atom. The summed E-state index contributed by atoms with van der Waals surface area (Å²) in [5, 5.41) is 16.1. The SMILES string of the molecule is CN(Cc1ccc(OCC(O)CN2CCC3(CCNCC3)C2)cc1)Cc1cccs1. The van der Waals surface area contributed by atoms with E-state index < -0.39 is 6.10 Å². The van der Waals surface area contributed by atoms with Crippen molar-refractivity contribution in [2.24, 2.45) is 5.41 Å². The lowest BCUT2D eigenvalue weighted by Crippen LogP contribution is -2.40.